The Kier molecular flexibility index (Phi) is 2.75. The molecule has 0 aliphatic carbocycles. The van der Waals surface area contributed by atoms with Crippen LogP contribution in [0.25, 0.3) is 10.9 Å². The second kappa shape index (κ2) is 4.56. The zero-order chi connectivity index (χ0) is 13.2. The largest absolute Gasteiger partial charge is 0.424 e. The van der Waals surface area contributed by atoms with E-state index in [2.05, 4.69) is 19.9 Å². The third kappa shape index (κ3) is 2.20. The van der Waals surface area contributed by atoms with Gasteiger partial charge in [-0.05, 0) is 12.5 Å². The van der Waals surface area contributed by atoms with E-state index in [1.165, 1.54) is 6.20 Å². The van der Waals surface area contributed by atoms with Gasteiger partial charge in [-0.2, -0.15) is 4.98 Å². The lowest BCUT2D eigenvalue weighted by molar-refractivity contribution is 0.443. The number of hydrogen-bond acceptors (Lipinski definition) is 4. The summed E-state index contributed by atoms with van der Waals surface area (Å²) in [6.45, 7) is 2.04. The van der Waals surface area contributed by atoms with Crippen LogP contribution in [0.4, 0.5) is 0 Å². The summed E-state index contributed by atoms with van der Waals surface area (Å²) in [6, 6.07) is 3.65. The highest BCUT2D eigenvalue weighted by molar-refractivity contribution is 5.76. The summed E-state index contributed by atoms with van der Waals surface area (Å²) in [5.41, 5.74) is 1.32. The van der Waals surface area contributed by atoms with Crippen LogP contribution in [0.15, 0.2) is 35.5 Å². The minimum Gasteiger partial charge on any atom is -0.424 e. The molecule has 0 radical (unpaired) electrons. The molecule has 6 heteroatoms. The molecule has 0 atom stereocenters. The summed E-state index contributed by atoms with van der Waals surface area (Å²) < 4.78 is 5.52. The monoisotopic (exact) mass is 256 g/mol. The molecule has 6 nitrogen and oxygen atoms in total. The van der Waals surface area contributed by atoms with Gasteiger partial charge in [0.15, 0.2) is 0 Å². The highest BCUT2D eigenvalue weighted by Gasteiger charge is 2.06. The molecule has 0 aromatic carbocycles. The van der Waals surface area contributed by atoms with Gasteiger partial charge in [-0.15, -0.1) is 0 Å². The Balaban J connectivity index is 1.99. The van der Waals surface area contributed by atoms with E-state index < -0.39 is 0 Å². The maximum atomic E-state index is 11.8. The zero-order valence-electron chi connectivity index (χ0n) is 10.3. The predicted octanol–water partition coefficient (Wildman–Crippen LogP) is 2.00. The number of H-pyrrole nitrogens is 2. The Morgan fingerprint density at radius 1 is 1.42 bits per heavy atom. The van der Waals surface area contributed by atoms with Crippen molar-refractivity contribution in [2.45, 2.75) is 13.3 Å². The van der Waals surface area contributed by atoms with Crippen molar-refractivity contribution in [3.8, 4) is 11.8 Å². The minimum atomic E-state index is -0.242. The Morgan fingerprint density at radius 3 is 3.11 bits per heavy atom. The van der Waals surface area contributed by atoms with Crippen molar-refractivity contribution in [3.63, 3.8) is 0 Å². The fraction of sp³-hybridized carbons (Fsp3) is 0.154. The number of ether oxygens (including phenoxy) is 1. The molecule has 0 unspecified atom stereocenters. The summed E-state index contributed by atoms with van der Waals surface area (Å²) in [5, 5.41) is 0.491. The molecule has 0 spiro atoms. The van der Waals surface area contributed by atoms with E-state index in [1.807, 2.05) is 13.0 Å². The summed E-state index contributed by atoms with van der Waals surface area (Å²) in [6.07, 6.45) is 5.70. The van der Waals surface area contributed by atoms with E-state index in [1.54, 1.807) is 18.5 Å². The molecule has 3 aromatic heterocycles. The van der Waals surface area contributed by atoms with Crippen LogP contribution in [-0.2, 0) is 6.42 Å². The summed E-state index contributed by atoms with van der Waals surface area (Å²) in [4.78, 5) is 25.7. The van der Waals surface area contributed by atoms with E-state index in [4.69, 9.17) is 4.74 Å². The van der Waals surface area contributed by atoms with Crippen molar-refractivity contribution < 1.29 is 4.74 Å². The van der Waals surface area contributed by atoms with Crippen LogP contribution in [-0.4, -0.2) is 19.9 Å². The molecule has 0 saturated carbocycles. The highest BCUT2D eigenvalue weighted by Crippen LogP contribution is 2.19. The third-order valence-electron chi connectivity index (χ3n) is 2.80. The van der Waals surface area contributed by atoms with Gasteiger partial charge in [-0.25, -0.2) is 0 Å². The van der Waals surface area contributed by atoms with Gasteiger partial charge in [-0.3, -0.25) is 14.8 Å². The SMILES string of the molecule is CCc1cc(Oc2nc3cnccc3c(=O)[nH]2)c[nH]1. The lowest BCUT2D eigenvalue weighted by Gasteiger charge is -2.02. The molecular formula is C13H12N4O2. The van der Waals surface area contributed by atoms with E-state index in [0.29, 0.717) is 16.7 Å². The van der Waals surface area contributed by atoms with Gasteiger partial charge in [-0.1, -0.05) is 6.92 Å². The smallest absolute Gasteiger partial charge is 0.302 e. The second-order valence-electron chi connectivity index (χ2n) is 4.08. The third-order valence-corrected chi connectivity index (χ3v) is 2.80. The van der Waals surface area contributed by atoms with Gasteiger partial charge in [0.05, 0.1) is 17.1 Å². The molecule has 0 fully saturated rings. The molecule has 0 bridgehead atoms. The van der Waals surface area contributed by atoms with E-state index >= 15 is 0 Å². The summed E-state index contributed by atoms with van der Waals surface area (Å²) in [7, 11) is 0. The molecule has 0 saturated heterocycles. The van der Waals surface area contributed by atoms with Gasteiger partial charge < -0.3 is 9.72 Å². The molecule has 0 aliphatic rings. The first-order valence-corrected chi connectivity index (χ1v) is 5.95. The van der Waals surface area contributed by atoms with Crippen molar-refractivity contribution >= 4 is 10.9 Å². The first-order chi connectivity index (χ1) is 9.26. The Hall–Kier alpha value is -2.63. The van der Waals surface area contributed by atoms with Crippen molar-refractivity contribution in [2.75, 3.05) is 0 Å². The molecule has 3 rings (SSSR count). The number of aromatic amines is 2. The van der Waals surface area contributed by atoms with Crippen LogP contribution in [0.2, 0.25) is 0 Å². The number of rotatable bonds is 3. The number of nitrogens with one attached hydrogen (secondary N) is 2. The number of nitrogens with zero attached hydrogens (tertiary/aromatic N) is 2. The quantitative estimate of drug-likeness (QED) is 0.750. The molecule has 0 aliphatic heterocycles. The van der Waals surface area contributed by atoms with Crippen LogP contribution in [0.1, 0.15) is 12.6 Å². The zero-order valence-corrected chi connectivity index (χ0v) is 10.3. The first kappa shape index (κ1) is 11.5. The number of fused-ring (bicyclic) bond motifs is 1. The lowest BCUT2D eigenvalue weighted by Crippen LogP contribution is -2.09. The Morgan fingerprint density at radius 2 is 2.32 bits per heavy atom. The maximum Gasteiger partial charge on any atom is 0.302 e. The van der Waals surface area contributed by atoms with Crippen LogP contribution in [0.3, 0.4) is 0 Å². The highest BCUT2D eigenvalue weighted by atomic mass is 16.5. The maximum absolute atomic E-state index is 11.8. The molecular weight excluding hydrogens is 244 g/mol. The molecule has 2 N–H and O–H groups in total. The van der Waals surface area contributed by atoms with Gasteiger partial charge >= 0.3 is 6.01 Å². The predicted molar refractivity (Wildman–Crippen MR) is 70.4 cm³/mol. The first-order valence-electron chi connectivity index (χ1n) is 5.95. The van der Waals surface area contributed by atoms with E-state index in [0.717, 1.165) is 12.1 Å². The van der Waals surface area contributed by atoms with Gasteiger partial charge in [0.25, 0.3) is 5.56 Å². The van der Waals surface area contributed by atoms with Gasteiger partial charge in [0, 0.05) is 24.2 Å². The number of aromatic nitrogens is 4. The fourth-order valence-corrected chi connectivity index (χ4v) is 1.81. The van der Waals surface area contributed by atoms with Crippen molar-refractivity contribution in [3.05, 3.63) is 46.8 Å². The molecule has 0 amide bonds. The van der Waals surface area contributed by atoms with Crippen LogP contribution in [0.5, 0.6) is 11.8 Å². The Labute approximate surface area is 108 Å². The second-order valence-corrected chi connectivity index (χ2v) is 4.08. The van der Waals surface area contributed by atoms with Crippen LogP contribution in [0, 0.1) is 0 Å². The Bertz CT molecular complexity index is 775. The fourth-order valence-electron chi connectivity index (χ4n) is 1.81. The standard InChI is InChI=1S/C13H12N4O2/c1-2-8-5-9(6-15-8)19-13-16-11-7-14-4-3-10(11)12(18)17-13/h3-7,15H,2H2,1H3,(H,16,17,18). The van der Waals surface area contributed by atoms with Gasteiger partial charge in [0.1, 0.15) is 5.75 Å². The molecule has 19 heavy (non-hydrogen) atoms. The average Bonchev–Trinajstić information content (AvgIpc) is 2.86. The molecule has 3 aromatic rings. The normalized spacial score (nSPS) is 10.8. The van der Waals surface area contributed by atoms with Gasteiger partial charge in [0.2, 0.25) is 0 Å². The lowest BCUT2D eigenvalue weighted by atomic mass is 10.3. The summed E-state index contributed by atoms with van der Waals surface area (Å²) >= 11 is 0. The van der Waals surface area contributed by atoms with Crippen LogP contribution < -0.4 is 10.3 Å². The van der Waals surface area contributed by atoms with Crippen molar-refractivity contribution in [1.29, 1.82) is 0 Å². The van der Waals surface area contributed by atoms with Crippen LogP contribution >= 0.6 is 0 Å². The topological polar surface area (TPSA) is 83.7 Å². The van der Waals surface area contributed by atoms with E-state index in [-0.39, 0.29) is 11.6 Å². The average molecular weight is 256 g/mol. The summed E-state index contributed by atoms with van der Waals surface area (Å²) in [5.74, 6) is 0.614. The van der Waals surface area contributed by atoms with E-state index in [9.17, 15) is 4.79 Å². The number of pyridine rings is 1. The van der Waals surface area contributed by atoms with Crippen molar-refractivity contribution in [2.24, 2.45) is 0 Å². The number of aryl methyl sites for hydroxylation is 1. The molecule has 3 heterocycles. The van der Waals surface area contributed by atoms with Crippen molar-refractivity contribution in [1.82, 2.24) is 19.9 Å². The minimum absolute atomic E-state index is 0.159. The number of hydrogen-bond donors (Lipinski definition) is 2. The molecule has 96 valence electrons.